The number of aliphatic hydroxyl groups excluding tert-OH is 2. The van der Waals surface area contributed by atoms with Gasteiger partial charge in [-0.25, -0.2) is 4.98 Å². The highest BCUT2D eigenvalue weighted by Crippen LogP contribution is 2.17. The number of hydrogen-bond donors (Lipinski definition) is 4. The predicted molar refractivity (Wildman–Crippen MR) is 75.1 cm³/mol. The van der Waals surface area contributed by atoms with Crippen molar-refractivity contribution >= 4 is 11.9 Å². The van der Waals surface area contributed by atoms with E-state index in [2.05, 4.69) is 35.7 Å². The first-order valence-corrected chi connectivity index (χ1v) is 6.45. The Morgan fingerprint density at radius 2 is 1.90 bits per heavy atom. The molecular weight excluding hydrogens is 276 g/mol. The van der Waals surface area contributed by atoms with Crippen LogP contribution in [0.3, 0.4) is 0 Å². The molecule has 0 aliphatic rings. The Labute approximate surface area is 121 Å². The van der Waals surface area contributed by atoms with Crippen LogP contribution < -0.4 is 10.6 Å². The summed E-state index contributed by atoms with van der Waals surface area (Å²) in [7, 11) is 1.68. The Hall–Kier alpha value is -2.33. The molecule has 2 heterocycles. The van der Waals surface area contributed by atoms with Gasteiger partial charge in [-0.15, -0.1) is 0 Å². The van der Waals surface area contributed by atoms with E-state index in [1.807, 2.05) is 6.92 Å². The molecule has 0 aliphatic heterocycles. The molecule has 0 aromatic carbocycles. The van der Waals surface area contributed by atoms with Crippen LogP contribution in [0.15, 0.2) is 12.7 Å². The van der Waals surface area contributed by atoms with E-state index >= 15 is 0 Å². The van der Waals surface area contributed by atoms with Crippen LogP contribution in [0.2, 0.25) is 0 Å². The minimum absolute atomic E-state index is 0.227. The summed E-state index contributed by atoms with van der Waals surface area (Å²) in [5, 5.41) is 28.7. The third-order valence-electron chi connectivity index (χ3n) is 3.13. The van der Waals surface area contributed by atoms with Gasteiger partial charge in [0.15, 0.2) is 0 Å². The molecule has 0 aliphatic carbocycles. The van der Waals surface area contributed by atoms with E-state index in [4.69, 9.17) is 0 Å². The first-order valence-electron chi connectivity index (χ1n) is 6.45. The highest BCUT2D eigenvalue weighted by Gasteiger charge is 2.28. The molecule has 0 bridgehead atoms. The lowest BCUT2D eigenvalue weighted by atomic mass is 9.99. The molecule has 0 saturated heterocycles. The zero-order chi connectivity index (χ0) is 15.3. The summed E-state index contributed by atoms with van der Waals surface area (Å²) >= 11 is 0. The predicted octanol–water partition coefficient (Wildman–Crippen LogP) is -0.961. The van der Waals surface area contributed by atoms with Gasteiger partial charge in [-0.3, -0.25) is 0 Å². The van der Waals surface area contributed by atoms with Crippen LogP contribution >= 0.6 is 0 Å². The molecule has 0 spiro atoms. The van der Waals surface area contributed by atoms with Gasteiger partial charge in [0.2, 0.25) is 11.9 Å². The van der Waals surface area contributed by atoms with Crippen molar-refractivity contribution in [3.8, 4) is 5.95 Å². The number of rotatable bonds is 7. The van der Waals surface area contributed by atoms with E-state index < -0.39 is 5.54 Å². The standard InChI is InChI=1S/C11H18N8O2/c1-3-11(4-20,5-21)18-9-15-8(12-2)16-10(17-9)19-7-13-6-14-19/h6-7,20-21H,3-5H2,1-2H3,(H2,12,15,16,17,18). The fourth-order valence-corrected chi connectivity index (χ4v) is 1.62. The zero-order valence-electron chi connectivity index (χ0n) is 11.9. The van der Waals surface area contributed by atoms with E-state index in [0.717, 1.165) is 0 Å². The molecule has 0 fully saturated rings. The number of nitrogens with one attached hydrogen (secondary N) is 2. The SMILES string of the molecule is CCC(CO)(CO)Nc1nc(NC)nc(-n2cncn2)n1. The normalized spacial score (nSPS) is 11.4. The number of anilines is 2. The van der Waals surface area contributed by atoms with Crippen molar-refractivity contribution in [2.24, 2.45) is 0 Å². The maximum absolute atomic E-state index is 9.48. The number of aliphatic hydroxyl groups is 2. The smallest absolute Gasteiger partial charge is 0.258 e. The van der Waals surface area contributed by atoms with E-state index in [1.54, 1.807) is 7.05 Å². The molecule has 0 amide bonds. The molecule has 114 valence electrons. The topological polar surface area (TPSA) is 134 Å². The lowest BCUT2D eigenvalue weighted by Crippen LogP contribution is -2.45. The first-order chi connectivity index (χ1) is 10.2. The summed E-state index contributed by atoms with van der Waals surface area (Å²) in [5.41, 5.74) is -0.897. The lowest BCUT2D eigenvalue weighted by Gasteiger charge is -2.29. The van der Waals surface area contributed by atoms with Crippen LogP contribution in [0.4, 0.5) is 11.9 Å². The Bertz CT molecular complexity index is 561. The Balaban J connectivity index is 2.37. The third kappa shape index (κ3) is 3.23. The quantitative estimate of drug-likeness (QED) is 0.509. The second kappa shape index (κ2) is 6.41. The third-order valence-corrected chi connectivity index (χ3v) is 3.13. The fourth-order valence-electron chi connectivity index (χ4n) is 1.62. The average molecular weight is 294 g/mol. The molecule has 21 heavy (non-hydrogen) atoms. The van der Waals surface area contributed by atoms with E-state index in [0.29, 0.717) is 12.4 Å². The Morgan fingerprint density at radius 3 is 2.43 bits per heavy atom. The van der Waals surface area contributed by atoms with Crippen LogP contribution in [0.25, 0.3) is 5.95 Å². The van der Waals surface area contributed by atoms with Crippen molar-refractivity contribution in [3.05, 3.63) is 12.7 Å². The zero-order valence-corrected chi connectivity index (χ0v) is 11.9. The first kappa shape index (κ1) is 15.1. The summed E-state index contributed by atoms with van der Waals surface area (Å²) in [6.45, 7) is 1.34. The average Bonchev–Trinajstić information content (AvgIpc) is 3.07. The molecule has 0 radical (unpaired) electrons. The van der Waals surface area contributed by atoms with Crippen LogP contribution in [-0.2, 0) is 0 Å². The van der Waals surface area contributed by atoms with Crippen molar-refractivity contribution in [1.29, 1.82) is 0 Å². The summed E-state index contributed by atoms with van der Waals surface area (Å²) < 4.78 is 1.39. The summed E-state index contributed by atoms with van der Waals surface area (Å²) in [6, 6.07) is 0. The van der Waals surface area contributed by atoms with Crippen LogP contribution in [0.5, 0.6) is 0 Å². The molecule has 0 unspecified atom stereocenters. The van der Waals surface area contributed by atoms with Gasteiger partial charge in [-0.05, 0) is 6.42 Å². The molecule has 10 nitrogen and oxygen atoms in total. The number of nitrogens with zero attached hydrogens (tertiary/aromatic N) is 6. The Morgan fingerprint density at radius 1 is 1.19 bits per heavy atom. The van der Waals surface area contributed by atoms with Crippen molar-refractivity contribution < 1.29 is 10.2 Å². The molecule has 4 N–H and O–H groups in total. The molecule has 10 heteroatoms. The number of aromatic nitrogens is 6. The van der Waals surface area contributed by atoms with Crippen LogP contribution in [-0.4, -0.2) is 65.7 Å². The van der Waals surface area contributed by atoms with E-state index in [9.17, 15) is 10.2 Å². The molecule has 2 rings (SSSR count). The maximum Gasteiger partial charge on any atom is 0.258 e. The molecule has 0 saturated carbocycles. The second-order valence-electron chi connectivity index (χ2n) is 4.45. The molecule has 2 aromatic rings. The molecular formula is C11H18N8O2. The molecule has 2 aromatic heterocycles. The highest BCUT2D eigenvalue weighted by molar-refractivity contribution is 5.39. The van der Waals surface area contributed by atoms with Crippen molar-refractivity contribution in [1.82, 2.24) is 29.7 Å². The van der Waals surface area contributed by atoms with Gasteiger partial charge >= 0.3 is 0 Å². The van der Waals surface area contributed by atoms with Crippen molar-refractivity contribution in [2.45, 2.75) is 18.9 Å². The summed E-state index contributed by atoms with van der Waals surface area (Å²) in [6.07, 6.45) is 3.33. The van der Waals surface area contributed by atoms with Gasteiger partial charge in [-0.1, -0.05) is 6.92 Å². The fraction of sp³-hybridized carbons (Fsp3) is 0.545. The summed E-state index contributed by atoms with van der Waals surface area (Å²) in [4.78, 5) is 16.4. The van der Waals surface area contributed by atoms with Crippen LogP contribution in [0.1, 0.15) is 13.3 Å². The maximum atomic E-state index is 9.48. The minimum Gasteiger partial charge on any atom is -0.394 e. The van der Waals surface area contributed by atoms with Crippen molar-refractivity contribution in [2.75, 3.05) is 30.9 Å². The van der Waals surface area contributed by atoms with Gasteiger partial charge in [-0.2, -0.15) is 24.7 Å². The second-order valence-corrected chi connectivity index (χ2v) is 4.45. The van der Waals surface area contributed by atoms with E-state index in [-0.39, 0.29) is 25.1 Å². The van der Waals surface area contributed by atoms with Crippen LogP contribution in [0, 0.1) is 0 Å². The Kier molecular flexibility index (Phi) is 4.60. The highest BCUT2D eigenvalue weighted by atomic mass is 16.3. The van der Waals surface area contributed by atoms with Gasteiger partial charge in [0.1, 0.15) is 12.7 Å². The van der Waals surface area contributed by atoms with Gasteiger partial charge in [0, 0.05) is 7.05 Å². The monoisotopic (exact) mass is 294 g/mol. The lowest BCUT2D eigenvalue weighted by molar-refractivity contribution is 0.132. The van der Waals surface area contributed by atoms with Gasteiger partial charge in [0.25, 0.3) is 5.95 Å². The van der Waals surface area contributed by atoms with E-state index in [1.165, 1.54) is 17.3 Å². The summed E-state index contributed by atoms with van der Waals surface area (Å²) in [5.74, 6) is 0.832. The number of hydrogen-bond acceptors (Lipinski definition) is 9. The van der Waals surface area contributed by atoms with Gasteiger partial charge < -0.3 is 20.8 Å². The molecule has 0 atom stereocenters. The van der Waals surface area contributed by atoms with Crippen molar-refractivity contribution in [3.63, 3.8) is 0 Å². The largest absolute Gasteiger partial charge is 0.394 e. The van der Waals surface area contributed by atoms with Gasteiger partial charge in [0.05, 0.1) is 18.8 Å². The minimum atomic E-state index is -0.897.